The van der Waals surface area contributed by atoms with Gasteiger partial charge in [0.25, 0.3) is 5.69 Å². The Morgan fingerprint density at radius 3 is 2.55 bits per heavy atom. The van der Waals surface area contributed by atoms with E-state index in [1.165, 1.54) is 11.0 Å². The largest absolute Gasteiger partial charge is 0.423 e. The number of Topliss-reactive ketones (excluding diaryl/α,β-unsaturated/α-hetero) is 1. The Bertz CT molecular complexity index is 557. The van der Waals surface area contributed by atoms with Crippen LogP contribution in [0.4, 0.5) is 24.5 Å². The summed E-state index contributed by atoms with van der Waals surface area (Å²) in [7, 11) is 0. The second-order valence-corrected chi connectivity index (χ2v) is 4.52. The number of hydrogen-bond donors (Lipinski definition) is 0. The first-order valence-electron chi connectivity index (χ1n) is 5.91. The molecule has 1 heterocycles. The lowest BCUT2D eigenvalue weighted by Crippen LogP contribution is -2.35. The molecule has 2 rings (SSSR count). The average Bonchev–Trinajstić information content (AvgIpc) is 2.37. The minimum absolute atomic E-state index is 0.0368. The van der Waals surface area contributed by atoms with Crippen LogP contribution in [0, 0.1) is 10.1 Å². The van der Waals surface area contributed by atoms with Crippen LogP contribution in [0.25, 0.3) is 0 Å². The maximum Gasteiger partial charge on any atom is 0.423 e. The van der Waals surface area contributed by atoms with Gasteiger partial charge in [0.2, 0.25) is 0 Å². The van der Waals surface area contributed by atoms with Gasteiger partial charge in [-0.3, -0.25) is 14.9 Å². The number of alkyl halides is 3. The summed E-state index contributed by atoms with van der Waals surface area (Å²) in [6.07, 6.45) is -3.83. The fourth-order valence-corrected chi connectivity index (χ4v) is 2.17. The zero-order valence-electron chi connectivity index (χ0n) is 10.3. The molecule has 0 spiro atoms. The zero-order valence-corrected chi connectivity index (χ0v) is 10.3. The van der Waals surface area contributed by atoms with Crippen molar-refractivity contribution in [3.05, 3.63) is 33.9 Å². The summed E-state index contributed by atoms with van der Waals surface area (Å²) < 4.78 is 38.5. The minimum Gasteiger partial charge on any atom is -0.364 e. The van der Waals surface area contributed by atoms with Crippen molar-refractivity contribution in [1.29, 1.82) is 0 Å². The van der Waals surface area contributed by atoms with Gasteiger partial charge in [0.1, 0.15) is 5.56 Å². The summed E-state index contributed by atoms with van der Waals surface area (Å²) in [5.74, 6) is -0.0526. The number of carbonyl (C=O) groups excluding carboxylic acids is 1. The van der Waals surface area contributed by atoms with Crippen LogP contribution in [0.5, 0.6) is 0 Å². The summed E-state index contributed by atoms with van der Waals surface area (Å²) in [5, 5.41) is 10.6. The molecule has 0 N–H and O–H groups in total. The molecule has 1 fully saturated rings. The fourth-order valence-electron chi connectivity index (χ4n) is 2.17. The molecule has 0 atom stereocenters. The van der Waals surface area contributed by atoms with Crippen molar-refractivity contribution in [2.45, 2.75) is 19.0 Å². The molecule has 0 unspecified atom stereocenters. The van der Waals surface area contributed by atoms with Gasteiger partial charge in [-0.05, 0) is 18.6 Å². The molecule has 0 aliphatic carbocycles. The Morgan fingerprint density at radius 2 is 2.00 bits per heavy atom. The molecule has 1 aliphatic rings. The number of carbonyl (C=O) groups is 1. The highest BCUT2D eigenvalue weighted by Crippen LogP contribution is 2.38. The van der Waals surface area contributed by atoms with E-state index in [0.29, 0.717) is 19.4 Å². The second kappa shape index (κ2) is 5.10. The molecule has 0 aromatic heterocycles. The van der Waals surface area contributed by atoms with Gasteiger partial charge < -0.3 is 4.90 Å². The molecule has 20 heavy (non-hydrogen) atoms. The van der Waals surface area contributed by atoms with Gasteiger partial charge in [-0.1, -0.05) is 0 Å². The number of rotatable bonds is 2. The van der Waals surface area contributed by atoms with Crippen LogP contribution in [-0.2, 0) is 11.0 Å². The van der Waals surface area contributed by atoms with Crippen LogP contribution in [0.15, 0.2) is 18.2 Å². The minimum atomic E-state index is -4.81. The topological polar surface area (TPSA) is 63.5 Å². The maximum atomic E-state index is 12.8. The van der Waals surface area contributed by atoms with E-state index < -0.39 is 22.4 Å². The first-order valence-corrected chi connectivity index (χ1v) is 5.91. The van der Waals surface area contributed by atoms with E-state index in [2.05, 4.69) is 0 Å². The molecule has 108 valence electrons. The van der Waals surface area contributed by atoms with Crippen LogP contribution in [0.3, 0.4) is 0 Å². The standard InChI is InChI=1S/C12H11F3N2O3/c13-12(14,15)10-6-8(3-4-11(10)17(19)20)16-5-1-2-9(18)7-16/h3-4,6H,1-2,5,7H2. The smallest absolute Gasteiger partial charge is 0.364 e. The number of nitro benzene ring substituents is 1. The van der Waals surface area contributed by atoms with Crippen molar-refractivity contribution in [2.24, 2.45) is 0 Å². The maximum absolute atomic E-state index is 12.8. The van der Waals surface area contributed by atoms with Crippen LogP contribution in [0.1, 0.15) is 18.4 Å². The number of nitrogens with zero attached hydrogens (tertiary/aromatic N) is 2. The Morgan fingerprint density at radius 1 is 1.30 bits per heavy atom. The number of ketones is 1. The predicted molar refractivity (Wildman–Crippen MR) is 64.6 cm³/mol. The summed E-state index contributed by atoms with van der Waals surface area (Å²) in [6, 6.07) is 2.81. The molecule has 1 saturated heterocycles. The third-order valence-electron chi connectivity index (χ3n) is 3.10. The number of hydrogen-bond acceptors (Lipinski definition) is 4. The van der Waals surface area contributed by atoms with E-state index in [9.17, 15) is 28.1 Å². The van der Waals surface area contributed by atoms with Crippen molar-refractivity contribution in [3.8, 4) is 0 Å². The molecule has 1 aliphatic heterocycles. The molecule has 1 aromatic carbocycles. The number of anilines is 1. The highest BCUT2D eigenvalue weighted by atomic mass is 19.4. The van der Waals surface area contributed by atoms with Crippen molar-refractivity contribution in [3.63, 3.8) is 0 Å². The molecular formula is C12H11F3N2O3. The van der Waals surface area contributed by atoms with Crippen LogP contribution in [0.2, 0.25) is 0 Å². The lowest BCUT2D eigenvalue weighted by molar-refractivity contribution is -0.388. The SMILES string of the molecule is O=C1CCCN(c2ccc([N+](=O)[O-])c(C(F)(F)F)c2)C1. The first-order chi connectivity index (χ1) is 9.29. The number of nitro groups is 1. The van der Waals surface area contributed by atoms with Crippen LogP contribution >= 0.6 is 0 Å². The summed E-state index contributed by atoms with van der Waals surface area (Å²) >= 11 is 0. The molecule has 0 saturated carbocycles. The zero-order chi connectivity index (χ0) is 14.9. The van der Waals surface area contributed by atoms with E-state index in [1.54, 1.807) is 0 Å². The van der Waals surface area contributed by atoms with E-state index in [-0.39, 0.29) is 18.0 Å². The van der Waals surface area contributed by atoms with Gasteiger partial charge in [-0.25, -0.2) is 0 Å². The lowest BCUT2D eigenvalue weighted by Gasteiger charge is -2.28. The van der Waals surface area contributed by atoms with Gasteiger partial charge in [-0.15, -0.1) is 0 Å². The number of benzene rings is 1. The van der Waals surface area contributed by atoms with Crippen molar-refractivity contribution < 1.29 is 22.9 Å². The van der Waals surface area contributed by atoms with E-state index >= 15 is 0 Å². The van der Waals surface area contributed by atoms with Gasteiger partial charge >= 0.3 is 6.18 Å². The van der Waals surface area contributed by atoms with Gasteiger partial charge in [0.05, 0.1) is 11.5 Å². The Balaban J connectivity index is 2.41. The molecule has 0 radical (unpaired) electrons. The summed E-state index contributed by atoms with van der Waals surface area (Å²) in [4.78, 5) is 22.4. The highest BCUT2D eigenvalue weighted by Gasteiger charge is 2.38. The summed E-state index contributed by atoms with van der Waals surface area (Å²) in [5.41, 5.74) is -2.10. The average molecular weight is 288 g/mol. The Labute approximate surface area is 112 Å². The third kappa shape index (κ3) is 2.89. The number of piperidine rings is 1. The van der Waals surface area contributed by atoms with Crippen LogP contribution in [-0.4, -0.2) is 23.8 Å². The lowest BCUT2D eigenvalue weighted by atomic mass is 10.1. The van der Waals surface area contributed by atoms with E-state index in [4.69, 9.17) is 0 Å². The highest BCUT2D eigenvalue weighted by molar-refractivity contribution is 5.84. The quantitative estimate of drug-likeness (QED) is 0.620. The summed E-state index contributed by atoms with van der Waals surface area (Å²) in [6.45, 7) is 0.496. The van der Waals surface area contributed by atoms with Gasteiger partial charge in [0.15, 0.2) is 5.78 Å². The fraction of sp³-hybridized carbons (Fsp3) is 0.417. The Kier molecular flexibility index (Phi) is 3.65. The second-order valence-electron chi connectivity index (χ2n) is 4.52. The van der Waals surface area contributed by atoms with Crippen molar-refractivity contribution in [1.82, 2.24) is 0 Å². The molecule has 1 aromatic rings. The van der Waals surface area contributed by atoms with E-state index in [0.717, 1.165) is 12.1 Å². The van der Waals surface area contributed by atoms with Gasteiger partial charge in [0, 0.05) is 24.7 Å². The predicted octanol–water partition coefficient (Wildman–Crippen LogP) is 2.78. The first kappa shape index (κ1) is 14.3. The van der Waals surface area contributed by atoms with Crippen molar-refractivity contribution >= 4 is 17.2 Å². The van der Waals surface area contributed by atoms with E-state index in [1.807, 2.05) is 0 Å². The normalized spacial score (nSPS) is 16.4. The number of halogens is 3. The Hall–Kier alpha value is -2.12. The molecule has 8 heteroatoms. The van der Waals surface area contributed by atoms with Crippen molar-refractivity contribution in [2.75, 3.05) is 18.0 Å². The third-order valence-corrected chi connectivity index (χ3v) is 3.10. The molecule has 5 nitrogen and oxygen atoms in total. The van der Waals surface area contributed by atoms with Gasteiger partial charge in [-0.2, -0.15) is 13.2 Å². The van der Waals surface area contributed by atoms with Crippen LogP contribution < -0.4 is 4.90 Å². The monoisotopic (exact) mass is 288 g/mol. The molecule has 0 bridgehead atoms. The molecule has 0 amide bonds. The molecular weight excluding hydrogens is 277 g/mol.